The summed E-state index contributed by atoms with van der Waals surface area (Å²) in [6.07, 6.45) is 9.47. The number of pyridine rings is 4. The van der Waals surface area contributed by atoms with E-state index in [2.05, 4.69) is 82.9 Å². The Morgan fingerprint density at radius 2 is 1.09 bits per heavy atom. The topological polar surface area (TPSA) is 79.2 Å². The average molecular weight is 727 g/mol. The molecule has 0 N–H and O–H groups in total. The van der Waals surface area contributed by atoms with Crippen molar-refractivity contribution in [3.63, 3.8) is 0 Å². The summed E-state index contributed by atoms with van der Waals surface area (Å²) in [5.74, 6) is 1.78. The van der Waals surface area contributed by atoms with E-state index < -0.39 is 0 Å². The number of rotatable bonds is 17. The molecule has 3 atom stereocenters. The lowest BCUT2D eigenvalue weighted by atomic mass is 9.83. The van der Waals surface area contributed by atoms with E-state index in [-0.39, 0.29) is 18.3 Å². The van der Waals surface area contributed by atoms with Gasteiger partial charge in [-0.05, 0) is 90.1 Å². The van der Waals surface area contributed by atoms with E-state index in [9.17, 15) is 0 Å². The second-order valence-corrected chi connectivity index (χ2v) is 16.0. The van der Waals surface area contributed by atoms with Crippen LogP contribution < -0.4 is 0 Å². The smallest absolute Gasteiger partial charge is 0.141 e. The number of benzene rings is 1. The largest absolute Gasteiger partial charge is 0.371 e. The molecule has 54 heavy (non-hydrogen) atoms. The summed E-state index contributed by atoms with van der Waals surface area (Å²) in [5, 5.41) is 0. The fraction of sp³-hybridized carbons (Fsp3) is 0.447. The van der Waals surface area contributed by atoms with Crippen LogP contribution in [0.15, 0.2) is 103 Å². The Hall–Kier alpha value is -4.30. The van der Waals surface area contributed by atoms with Crippen molar-refractivity contribution in [3.05, 3.63) is 132 Å². The molecule has 1 saturated carbocycles. The van der Waals surface area contributed by atoms with Crippen molar-refractivity contribution < 1.29 is 14.2 Å². The third-order valence-electron chi connectivity index (χ3n) is 9.80. The first-order chi connectivity index (χ1) is 26.2. The van der Waals surface area contributed by atoms with Crippen LogP contribution in [0.1, 0.15) is 120 Å². The lowest BCUT2D eigenvalue weighted by molar-refractivity contribution is -0.0166. The molecule has 0 bridgehead atoms. The minimum atomic E-state index is -0.375. The van der Waals surface area contributed by atoms with Gasteiger partial charge < -0.3 is 14.2 Å². The summed E-state index contributed by atoms with van der Waals surface area (Å²) in [7, 11) is 0. The van der Waals surface area contributed by atoms with Gasteiger partial charge >= 0.3 is 0 Å². The highest BCUT2D eigenvalue weighted by atomic mass is 16.5. The first-order valence-corrected chi connectivity index (χ1v) is 20.0. The van der Waals surface area contributed by atoms with Crippen LogP contribution in [0.2, 0.25) is 0 Å². The minimum absolute atomic E-state index is 0.0597. The minimum Gasteiger partial charge on any atom is -0.371 e. The van der Waals surface area contributed by atoms with Crippen molar-refractivity contribution in [2.24, 2.45) is 23.7 Å². The highest BCUT2D eigenvalue weighted by Crippen LogP contribution is 2.37. The number of hydrogen-bond acceptors (Lipinski definition) is 7. The van der Waals surface area contributed by atoms with Crippen LogP contribution in [0.4, 0.5) is 0 Å². The lowest BCUT2D eigenvalue weighted by Crippen LogP contribution is -2.21. The maximum absolute atomic E-state index is 6.59. The predicted octanol–water partition coefficient (Wildman–Crippen LogP) is 11.4. The third kappa shape index (κ3) is 10.7. The third-order valence-corrected chi connectivity index (χ3v) is 9.80. The van der Waals surface area contributed by atoms with Crippen LogP contribution in [-0.2, 0) is 14.2 Å². The summed E-state index contributed by atoms with van der Waals surface area (Å²) in [6, 6.07) is 31.0. The number of hydrogen-bond donors (Lipinski definition) is 0. The Morgan fingerprint density at radius 1 is 0.519 bits per heavy atom. The summed E-state index contributed by atoms with van der Waals surface area (Å²) in [6.45, 7) is 15.0. The van der Waals surface area contributed by atoms with E-state index in [4.69, 9.17) is 29.2 Å². The fourth-order valence-corrected chi connectivity index (χ4v) is 7.05. The second kappa shape index (κ2) is 19.3. The Kier molecular flexibility index (Phi) is 14.1. The van der Waals surface area contributed by atoms with E-state index in [1.54, 1.807) is 6.20 Å². The van der Waals surface area contributed by atoms with Crippen molar-refractivity contribution in [2.45, 2.75) is 92.0 Å². The first-order valence-electron chi connectivity index (χ1n) is 20.0. The molecule has 1 aliphatic rings. The zero-order valence-corrected chi connectivity index (χ0v) is 33.0. The molecule has 4 aromatic heterocycles. The van der Waals surface area contributed by atoms with Crippen LogP contribution in [-0.4, -0.2) is 39.8 Å². The molecule has 1 fully saturated rings. The molecule has 0 saturated heterocycles. The van der Waals surface area contributed by atoms with Gasteiger partial charge in [0.25, 0.3) is 0 Å². The van der Waals surface area contributed by atoms with Crippen molar-refractivity contribution in [1.29, 1.82) is 0 Å². The summed E-state index contributed by atoms with van der Waals surface area (Å²) >= 11 is 0. The van der Waals surface area contributed by atoms with E-state index in [1.807, 2.05) is 60.8 Å². The molecule has 284 valence electrons. The molecular formula is C47H58N4O3. The van der Waals surface area contributed by atoms with Crippen LogP contribution in [0.25, 0.3) is 22.5 Å². The maximum Gasteiger partial charge on any atom is 0.141 e. The van der Waals surface area contributed by atoms with Gasteiger partial charge in [0.2, 0.25) is 0 Å². The SMILES string of the molecule is CC(C)COC(c1ccc(-c2ccc(C(OCC(C)C)C3CCCCC3)nc2)cc1)c1cccc(-c2cccc(C(OCC(C)C)c3ccccn3)n2)n1. The van der Waals surface area contributed by atoms with Crippen LogP contribution in [0.3, 0.4) is 0 Å². The van der Waals surface area contributed by atoms with Crippen molar-refractivity contribution in [3.8, 4) is 22.5 Å². The van der Waals surface area contributed by atoms with Gasteiger partial charge in [-0.2, -0.15) is 0 Å². The summed E-state index contributed by atoms with van der Waals surface area (Å²) in [5.41, 5.74) is 8.33. The normalized spacial score (nSPS) is 15.5. The standard InChI is InChI=1S/C47H58N4O3/c1-32(2)29-52-45(36-14-8-7-9-15-36)42-26-25-38(28-49-42)35-21-23-37(24-22-35)46(53-30-33(3)4)43-19-12-17-39(50-43)40-18-13-20-44(51-40)47(54-31-34(5)6)41-16-10-11-27-48-41/h10-13,16-28,32-34,36,45-47H,7-9,14-15,29-31H2,1-6H3. The van der Waals surface area contributed by atoms with Gasteiger partial charge in [0.1, 0.15) is 18.3 Å². The van der Waals surface area contributed by atoms with Crippen LogP contribution >= 0.6 is 0 Å². The van der Waals surface area contributed by atoms with Gasteiger partial charge in [0.05, 0.1) is 47.4 Å². The molecule has 0 radical (unpaired) electrons. The van der Waals surface area contributed by atoms with Gasteiger partial charge in [-0.3, -0.25) is 9.97 Å². The van der Waals surface area contributed by atoms with Crippen LogP contribution in [0, 0.1) is 23.7 Å². The van der Waals surface area contributed by atoms with Gasteiger partial charge in [-0.15, -0.1) is 0 Å². The van der Waals surface area contributed by atoms with Gasteiger partial charge in [-0.1, -0.05) is 109 Å². The molecule has 3 unspecified atom stereocenters. The van der Waals surface area contributed by atoms with Crippen LogP contribution in [0.5, 0.6) is 0 Å². The molecule has 4 heterocycles. The summed E-state index contributed by atoms with van der Waals surface area (Å²) < 4.78 is 19.4. The van der Waals surface area contributed by atoms with E-state index >= 15 is 0 Å². The zero-order chi connectivity index (χ0) is 37.9. The van der Waals surface area contributed by atoms with Crippen molar-refractivity contribution in [2.75, 3.05) is 19.8 Å². The molecule has 0 spiro atoms. The average Bonchev–Trinajstić information content (AvgIpc) is 3.19. The Bertz CT molecular complexity index is 1860. The molecule has 1 aliphatic carbocycles. The molecule has 5 aromatic rings. The molecule has 7 heteroatoms. The zero-order valence-electron chi connectivity index (χ0n) is 33.0. The van der Waals surface area contributed by atoms with Crippen molar-refractivity contribution in [1.82, 2.24) is 19.9 Å². The number of aromatic nitrogens is 4. The molecule has 7 nitrogen and oxygen atoms in total. The Balaban J connectivity index is 1.24. The molecular weight excluding hydrogens is 669 g/mol. The van der Waals surface area contributed by atoms with Gasteiger partial charge in [0, 0.05) is 24.6 Å². The first kappa shape index (κ1) is 39.4. The molecule has 0 amide bonds. The van der Waals surface area contributed by atoms with E-state index in [0.717, 1.165) is 57.5 Å². The molecule has 1 aromatic carbocycles. The summed E-state index contributed by atoms with van der Waals surface area (Å²) in [4.78, 5) is 19.8. The lowest BCUT2D eigenvalue weighted by Gasteiger charge is -2.30. The number of nitrogens with zero attached hydrogens (tertiary/aromatic N) is 4. The highest BCUT2D eigenvalue weighted by Gasteiger charge is 2.27. The fourth-order valence-electron chi connectivity index (χ4n) is 7.05. The molecule has 0 aliphatic heterocycles. The van der Waals surface area contributed by atoms with Crippen molar-refractivity contribution >= 4 is 0 Å². The predicted molar refractivity (Wildman–Crippen MR) is 217 cm³/mol. The molecule has 6 rings (SSSR count). The maximum atomic E-state index is 6.59. The van der Waals surface area contributed by atoms with E-state index in [1.165, 1.54) is 32.1 Å². The van der Waals surface area contributed by atoms with E-state index in [0.29, 0.717) is 36.9 Å². The quantitative estimate of drug-likeness (QED) is 0.0943. The second-order valence-electron chi connectivity index (χ2n) is 16.0. The van der Waals surface area contributed by atoms with Gasteiger partial charge in [0.15, 0.2) is 0 Å². The highest BCUT2D eigenvalue weighted by molar-refractivity contribution is 5.63. The monoisotopic (exact) mass is 726 g/mol. The Labute approximate surface area is 323 Å². The number of ether oxygens (including phenoxy) is 3. The Morgan fingerprint density at radius 3 is 1.67 bits per heavy atom. The van der Waals surface area contributed by atoms with Gasteiger partial charge in [-0.25, -0.2) is 9.97 Å².